The molecule has 4 aromatic rings. The standard InChI is InChI=1S/C21H16N2O4/c1-26-15-9-7-13(8-10-15)11-18-19-16(21(24)25)12-17(22-20(19)27-23-18)14-5-3-2-4-6-14/h2-10,12H,11H2,1H3,(H,24,25). The normalized spacial score (nSPS) is 10.9. The molecule has 0 unspecified atom stereocenters. The van der Waals surface area contributed by atoms with Gasteiger partial charge in [-0.05, 0) is 23.8 Å². The van der Waals surface area contributed by atoms with Crippen molar-refractivity contribution in [2.75, 3.05) is 7.11 Å². The van der Waals surface area contributed by atoms with Crippen LogP contribution in [-0.4, -0.2) is 28.3 Å². The highest BCUT2D eigenvalue weighted by Gasteiger charge is 2.20. The van der Waals surface area contributed by atoms with Crippen LogP contribution in [0.25, 0.3) is 22.4 Å². The van der Waals surface area contributed by atoms with E-state index in [0.717, 1.165) is 16.9 Å². The van der Waals surface area contributed by atoms with Gasteiger partial charge in [-0.1, -0.05) is 47.6 Å². The first kappa shape index (κ1) is 16.8. The van der Waals surface area contributed by atoms with Gasteiger partial charge < -0.3 is 14.4 Å². The van der Waals surface area contributed by atoms with Crippen molar-refractivity contribution in [2.45, 2.75) is 6.42 Å². The molecule has 27 heavy (non-hydrogen) atoms. The Hall–Kier alpha value is -3.67. The van der Waals surface area contributed by atoms with Crippen LogP contribution in [0.3, 0.4) is 0 Å². The molecule has 6 heteroatoms. The molecule has 0 atom stereocenters. The van der Waals surface area contributed by atoms with Crippen LogP contribution in [0.1, 0.15) is 21.6 Å². The Labute approximate surface area is 155 Å². The van der Waals surface area contributed by atoms with E-state index in [1.807, 2.05) is 54.6 Å². The molecule has 0 saturated heterocycles. The Morgan fingerprint density at radius 2 is 1.85 bits per heavy atom. The summed E-state index contributed by atoms with van der Waals surface area (Å²) in [5.41, 5.74) is 3.21. The smallest absolute Gasteiger partial charge is 0.336 e. The lowest BCUT2D eigenvalue weighted by atomic mass is 10.0. The second-order valence-electron chi connectivity index (χ2n) is 6.06. The zero-order chi connectivity index (χ0) is 18.8. The number of hydrogen-bond donors (Lipinski definition) is 1. The van der Waals surface area contributed by atoms with Crippen LogP contribution < -0.4 is 4.74 Å². The van der Waals surface area contributed by atoms with Gasteiger partial charge in [0.2, 0.25) is 0 Å². The summed E-state index contributed by atoms with van der Waals surface area (Å²) in [6.07, 6.45) is 0.434. The summed E-state index contributed by atoms with van der Waals surface area (Å²) in [5.74, 6) is -0.289. The van der Waals surface area contributed by atoms with Crippen molar-refractivity contribution < 1.29 is 19.2 Å². The lowest BCUT2D eigenvalue weighted by molar-refractivity contribution is 0.0699. The molecule has 0 fully saturated rings. The number of carboxylic acid groups (broad SMARTS) is 1. The molecule has 0 bridgehead atoms. The molecule has 0 aliphatic carbocycles. The summed E-state index contributed by atoms with van der Waals surface area (Å²) in [6, 6.07) is 18.5. The Balaban J connectivity index is 1.80. The fraction of sp³-hybridized carbons (Fsp3) is 0.0952. The molecule has 0 spiro atoms. The maximum atomic E-state index is 11.9. The van der Waals surface area contributed by atoms with E-state index in [2.05, 4.69) is 10.1 Å². The second kappa shape index (κ2) is 6.92. The third kappa shape index (κ3) is 3.25. The van der Waals surface area contributed by atoms with Crippen molar-refractivity contribution in [3.63, 3.8) is 0 Å². The van der Waals surface area contributed by atoms with Gasteiger partial charge in [-0.2, -0.15) is 0 Å². The first-order valence-electron chi connectivity index (χ1n) is 8.36. The Morgan fingerprint density at radius 1 is 1.11 bits per heavy atom. The van der Waals surface area contributed by atoms with Gasteiger partial charge >= 0.3 is 5.97 Å². The number of benzene rings is 2. The van der Waals surface area contributed by atoms with E-state index in [4.69, 9.17) is 9.26 Å². The van der Waals surface area contributed by atoms with Crippen LogP contribution in [0.15, 0.2) is 65.2 Å². The van der Waals surface area contributed by atoms with E-state index in [-0.39, 0.29) is 11.3 Å². The summed E-state index contributed by atoms with van der Waals surface area (Å²) in [6.45, 7) is 0. The highest BCUT2D eigenvalue weighted by atomic mass is 16.5. The van der Waals surface area contributed by atoms with Crippen molar-refractivity contribution in [2.24, 2.45) is 0 Å². The van der Waals surface area contributed by atoms with Crippen molar-refractivity contribution >= 4 is 17.1 Å². The van der Waals surface area contributed by atoms with Crippen LogP contribution in [0, 0.1) is 0 Å². The second-order valence-corrected chi connectivity index (χ2v) is 6.06. The average Bonchev–Trinajstić information content (AvgIpc) is 3.11. The molecule has 4 rings (SSSR count). The predicted octanol–water partition coefficient (Wildman–Crippen LogP) is 4.19. The first-order valence-corrected chi connectivity index (χ1v) is 8.36. The number of carboxylic acids is 1. The van der Waals surface area contributed by atoms with E-state index < -0.39 is 5.97 Å². The molecular weight excluding hydrogens is 344 g/mol. The summed E-state index contributed by atoms with van der Waals surface area (Å²) < 4.78 is 10.5. The number of fused-ring (bicyclic) bond motifs is 1. The van der Waals surface area contributed by atoms with Crippen LogP contribution in [0.4, 0.5) is 0 Å². The lowest BCUT2D eigenvalue weighted by Gasteiger charge is -2.05. The predicted molar refractivity (Wildman–Crippen MR) is 100.0 cm³/mol. The minimum Gasteiger partial charge on any atom is -0.497 e. The van der Waals surface area contributed by atoms with Gasteiger partial charge in [0.15, 0.2) is 0 Å². The van der Waals surface area contributed by atoms with Gasteiger partial charge in [-0.15, -0.1) is 0 Å². The fourth-order valence-corrected chi connectivity index (χ4v) is 2.99. The minimum absolute atomic E-state index is 0.128. The third-order valence-electron chi connectivity index (χ3n) is 4.35. The van der Waals surface area contributed by atoms with Crippen molar-refractivity contribution in [3.05, 3.63) is 77.5 Å². The number of carbonyl (C=O) groups is 1. The monoisotopic (exact) mass is 360 g/mol. The number of nitrogens with zero attached hydrogens (tertiary/aromatic N) is 2. The zero-order valence-electron chi connectivity index (χ0n) is 14.5. The molecule has 2 aromatic carbocycles. The van der Waals surface area contributed by atoms with E-state index in [0.29, 0.717) is 23.2 Å². The van der Waals surface area contributed by atoms with Gasteiger partial charge in [0.25, 0.3) is 5.71 Å². The largest absolute Gasteiger partial charge is 0.497 e. The highest BCUT2D eigenvalue weighted by molar-refractivity contribution is 6.03. The number of methoxy groups -OCH3 is 1. The van der Waals surface area contributed by atoms with Crippen LogP contribution in [-0.2, 0) is 6.42 Å². The van der Waals surface area contributed by atoms with E-state index in [1.54, 1.807) is 13.2 Å². The molecule has 2 aromatic heterocycles. The van der Waals surface area contributed by atoms with Gasteiger partial charge in [-0.25, -0.2) is 9.78 Å². The third-order valence-corrected chi connectivity index (χ3v) is 4.35. The summed E-state index contributed by atoms with van der Waals surface area (Å²) >= 11 is 0. The number of pyridine rings is 1. The average molecular weight is 360 g/mol. The molecule has 2 heterocycles. The molecule has 0 aliphatic heterocycles. The molecule has 1 N–H and O–H groups in total. The van der Waals surface area contributed by atoms with Crippen LogP contribution in [0.2, 0.25) is 0 Å². The van der Waals surface area contributed by atoms with Crippen molar-refractivity contribution in [1.82, 2.24) is 10.1 Å². The van der Waals surface area contributed by atoms with Crippen molar-refractivity contribution in [3.8, 4) is 17.0 Å². The summed E-state index contributed by atoms with van der Waals surface area (Å²) in [5, 5.41) is 14.2. The minimum atomic E-state index is -1.04. The molecule has 0 amide bonds. The number of hydrogen-bond acceptors (Lipinski definition) is 5. The molecule has 134 valence electrons. The highest BCUT2D eigenvalue weighted by Crippen LogP contribution is 2.28. The molecule has 0 saturated carbocycles. The Bertz CT molecular complexity index is 1100. The molecule has 0 radical (unpaired) electrons. The van der Waals surface area contributed by atoms with Crippen LogP contribution in [0.5, 0.6) is 5.75 Å². The molecule has 0 aliphatic rings. The van der Waals surface area contributed by atoms with Crippen LogP contribution >= 0.6 is 0 Å². The number of aromatic nitrogens is 2. The fourth-order valence-electron chi connectivity index (χ4n) is 2.99. The van der Waals surface area contributed by atoms with E-state index >= 15 is 0 Å². The molecular formula is C21H16N2O4. The van der Waals surface area contributed by atoms with E-state index in [9.17, 15) is 9.90 Å². The summed E-state index contributed by atoms with van der Waals surface area (Å²) in [4.78, 5) is 16.3. The zero-order valence-corrected chi connectivity index (χ0v) is 14.5. The SMILES string of the molecule is COc1ccc(Cc2noc3nc(-c4ccccc4)cc(C(=O)O)c23)cc1. The number of ether oxygens (including phenoxy) is 1. The van der Waals surface area contributed by atoms with E-state index in [1.165, 1.54) is 0 Å². The summed E-state index contributed by atoms with van der Waals surface area (Å²) in [7, 11) is 1.61. The lowest BCUT2D eigenvalue weighted by Crippen LogP contribution is -2.01. The maximum Gasteiger partial charge on any atom is 0.336 e. The number of aromatic carboxylic acids is 1. The quantitative estimate of drug-likeness (QED) is 0.574. The maximum absolute atomic E-state index is 11.9. The van der Waals surface area contributed by atoms with Crippen molar-refractivity contribution in [1.29, 1.82) is 0 Å². The topological polar surface area (TPSA) is 85.5 Å². The Morgan fingerprint density at radius 3 is 2.52 bits per heavy atom. The van der Waals surface area contributed by atoms with Gasteiger partial charge in [-0.3, -0.25) is 0 Å². The number of rotatable bonds is 5. The van der Waals surface area contributed by atoms with Gasteiger partial charge in [0.05, 0.1) is 29.4 Å². The van der Waals surface area contributed by atoms with Gasteiger partial charge in [0.1, 0.15) is 5.75 Å². The Kier molecular flexibility index (Phi) is 4.30. The first-order chi connectivity index (χ1) is 13.2. The molecule has 6 nitrogen and oxygen atoms in total. The van der Waals surface area contributed by atoms with Gasteiger partial charge in [0, 0.05) is 12.0 Å².